The number of ether oxygens (including phenoxy) is 1. The average Bonchev–Trinajstić information content (AvgIpc) is 2.68. The molecule has 144 valence electrons. The first-order chi connectivity index (χ1) is 12.9. The number of amides is 1. The summed E-state index contributed by atoms with van der Waals surface area (Å²) in [7, 11) is 1.67. The number of methoxy groups -OCH3 is 1. The van der Waals surface area contributed by atoms with Crippen LogP contribution < -0.4 is 4.74 Å². The highest BCUT2D eigenvalue weighted by Gasteiger charge is 2.36. The SMILES string of the molecule is COc1cccc(CCc2ccccc2C(=O)N2CC[C@](C)(O)[C@H](C)C2)c1. The average molecular weight is 367 g/mol. The zero-order chi connectivity index (χ0) is 19.4. The molecule has 1 aliphatic heterocycles. The first kappa shape index (κ1) is 19.4. The molecule has 4 nitrogen and oxygen atoms in total. The number of piperidine rings is 1. The Hall–Kier alpha value is -2.33. The van der Waals surface area contributed by atoms with Gasteiger partial charge in [0.25, 0.3) is 5.91 Å². The zero-order valence-electron chi connectivity index (χ0n) is 16.4. The van der Waals surface area contributed by atoms with Gasteiger partial charge in [0, 0.05) is 24.6 Å². The van der Waals surface area contributed by atoms with Crippen LogP contribution in [0, 0.1) is 5.92 Å². The molecule has 2 aromatic carbocycles. The highest BCUT2D eigenvalue weighted by molar-refractivity contribution is 5.95. The summed E-state index contributed by atoms with van der Waals surface area (Å²) in [5, 5.41) is 10.4. The van der Waals surface area contributed by atoms with Gasteiger partial charge in [0.05, 0.1) is 12.7 Å². The summed E-state index contributed by atoms with van der Waals surface area (Å²) in [6.45, 7) is 5.06. The lowest BCUT2D eigenvalue weighted by Crippen LogP contribution is -2.51. The predicted octanol–water partition coefficient (Wildman–Crippen LogP) is 3.71. The molecule has 2 aromatic rings. The molecule has 0 bridgehead atoms. The summed E-state index contributed by atoms with van der Waals surface area (Å²) in [6.07, 6.45) is 2.27. The molecule has 2 atom stereocenters. The Morgan fingerprint density at radius 2 is 2.00 bits per heavy atom. The van der Waals surface area contributed by atoms with Crippen LogP contribution in [0.15, 0.2) is 48.5 Å². The Morgan fingerprint density at radius 1 is 1.22 bits per heavy atom. The van der Waals surface area contributed by atoms with Gasteiger partial charge in [-0.05, 0) is 55.5 Å². The third-order valence-corrected chi connectivity index (χ3v) is 5.80. The largest absolute Gasteiger partial charge is 0.497 e. The first-order valence-electron chi connectivity index (χ1n) is 9.63. The van der Waals surface area contributed by atoms with Crippen molar-refractivity contribution >= 4 is 5.91 Å². The molecule has 0 unspecified atom stereocenters. The van der Waals surface area contributed by atoms with Crippen LogP contribution in [-0.2, 0) is 12.8 Å². The van der Waals surface area contributed by atoms with E-state index in [1.807, 2.05) is 61.2 Å². The van der Waals surface area contributed by atoms with Gasteiger partial charge < -0.3 is 14.7 Å². The molecule has 0 saturated carbocycles. The molecular formula is C23H29NO3. The van der Waals surface area contributed by atoms with Crippen molar-refractivity contribution in [3.8, 4) is 5.75 Å². The fourth-order valence-corrected chi connectivity index (χ4v) is 3.63. The number of benzene rings is 2. The Balaban J connectivity index is 1.72. The maximum Gasteiger partial charge on any atom is 0.254 e. The highest BCUT2D eigenvalue weighted by atomic mass is 16.5. The molecule has 0 aliphatic carbocycles. The molecule has 0 radical (unpaired) electrons. The molecule has 1 N–H and O–H groups in total. The van der Waals surface area contributed by atoms with Crippen LogP contribution in [-0.4, -0.2) is 41.7 Å². The summed E-state index contributed by atoms with van der Waals surface area (Å²) >= 11 is 0. The van der Waals surface area contributed by atoms with Gasteiger partial charge in [0.1, 0.15) is 5.75 Å². The van der Waals surface area contributed by atoms with Crippen LogP contribution in [0.3, 0.4) is 0 Å². The minimum absolute atomic E-state index is 0.0681. The van der Waals surface area contributed by atoms with E-state index >= 15 is 0 Å². The number of likely N-dealkylation sites (tertiary alicyclic amines) is 1. The quantitative estimate of drug-likeness (QED) is 0.876. The van der Waals surface area contributed by atoms with Crippen LogP contribution in [0.1, 0.15) is 41.8 Å². The van der Waals surface area contributed by atoms with E-state index in [2.05, 4.69) is 6.07 Å². The van der Waals surface area contributed by atoms with Gasteiger partial charge >= 0.3 is 0 Å². The molecule has 1 fully saturated rings. The highest BCUT2D eigenvalue weighted by Crippen LogP contribution is 2.28. The molecule has 1 saturated heterocycles. The minimum atomic E-state index is -0.692. The van der Waals surface area contributed by atoms with Crippen LogP contribution in [0.5, 0.6) is 5.75 Å². The number of aryl methyl sites for hydroxylation is 2. The van der Waals surface area contributed by atoms with E-state index in [4.69, 9.17) is 4.74 Å². The van der Waals surface area contributed by atoms with Crippen molar-refractivity contribution in [1.82, 2.24) is 4.90 Å². The molecule has 1 heterocycles. The zero-order valence-corrected chi connectivity index (χ0v) is 16.4. The van der Waals surface area contributed by atoms with Crippen molar-refractivity contribution in [2.24, 2.45) is 5.92 Å². The summed E-state index contributed by atoms with van der Waals surface area (Å²) in [5.74, 6) is 0.990. The van der Waals surface area contributed by atoms with Crippen LogP contribution in [0.2, 0.25) is 0 Å². The smallest absolute Gasteiger partial charge is 0.254 e. The standard InChI is InChI=1S/C23H29NO3/c1-17-16-24(14-13-23(17,2)26)22(25)21-10-5-4-8-19(21)12-11-18-7-6-9-20(15-18)27-3/h4-10,15,17,26H,11-14,16H2,1-3H3/t17-,23+/m1/s1. The molecule has 0 aromatic heterocycles. The number of rotatable bonds is 5. The molecule has 3 rings (SSSR count). The summed E-state index contributed by atoms with van der Waals surface area (Å²) in [6, 6.07) is 15.9. The van der Waals surface area contributed by atoms with Crippen molar-refractivity contribution in [3.05, 3.63) is 65.2 Å². The van der Waals surface area contributed by atoms with Gasteiger partial charge in [-0.1, -0.05) is 37.3 Å². The number of aliphatic hydroxyl groups is 1. The van der Waals surface area contributed by atoms with Gasteiger partial charge in [0.2, 0.25) is 0 Å². The number of hydrogen-bond acceptors (Lipinski definition) is 3. The molecule has 1 aliphatic rings. The second-order valence-electron chi connectivity index (χ2n) is 7.77. The fraction of sp³-hybridized carbons (Fsp3) is 0.435. The Labute approximate surface area is 161 Å². The number of carbonyl (C=O) groups is 1. The maximum atomic E-state index is 13.1. The van der Waals surface area contributed by atoms with Crippen molar-refractivity contribution in [1.29, 1.82) is 0 Å². The normalized spacial score (nSPS) is 22.5. The monoisotopic (exact) mass is 367 g/mol. The van der Waals surface area contributed by atoms with Gasteiger partial charge in [-0.15, -0.1) is 0 Å². The van der Waals surface area contributed by atoms with E-state index in [0.29, 0.717) is 19.5 Å². The Morgan fingerprint density at radius 3 is 2.74 bits per heavy atom. The van der Waals surface area contributed by atoms with Crippen LogP contribution >= 0.6 is 0 Å². The second kappa shape index (κ2) is 8.13. The molecule has 4 heteroatoms. The molecule has 1 amide bonds. The number of hydrogen-bond donors (Lipinski definition) is 1. The number of carbonyl (C=O) groups excluding carboxylic acids is 1. The number of nitrogens with zero attached hydrogens (tertiary/aromatic N) is 1. The molecule has 27 heavy (non-hydrogen) atoms. The van der Waals surface area contributed by atoms with Crippen molar-refractivity contribution < 1.29 is 14.6 Å². The lowest BCUT2D eigenvalue weighted by Gasteiger charge is -2.41. The van der Waals surface area contributed by atoms with Crippen molar-refractivity contribution in [2.75, 3.05) is 20.2 Å². The molecule has 0 spiro atoms. The van der Waals surface area contributed by atoms with Crippen molar-refractivity contribution in [2.45, 2.75) is 38.7 Å². The molecular weight excluding hydrogens is 338 g/mol. The topological polar surface area (TPSA) is 49.8 Å². The second-order valence-corrected chi connectivity index (χ2v) is 7.77. The Kier molecular flexibility index (Phi) is 5.85. The minimum Gasteiger partial charge on any atom is -0.497 e. The summed E-state index contributed by atoms with van der Waals surface area (Å²) in [5.41, 5.74) is 2.34. The van der Waals surface area contributed by atoms with Gasteiger partial charge in [-0.25, -0.2) is 0 Å². The van der Waals surface area contributed by atoms with Crippen LogP contribution in [0.25, 0.3) is 0 Å². The third-order valence-electron chi connectivity index (χ3n) is 5.80. The Bertz CT molecular complexity index is 800. The summed E-state index contributed by atoms with van der Waals surface area (Å²) < 4.78 is 5.29. The fourth-order valence-electron chi connectivity index (χ4n) is 3.63. The van der Waals surface area contributed by atoms with Crippen molar-refractivity contribution in [3.63, 3.8) is 0 Å². The maximum absolute atomic E-state index is 13.1. The van der Waals surface area contributed by atoms with E-state index in [-0.39, 0.29) is 11.8 Å². The van der Waals surface area contributed by atoms with Gasteiger partial charge in [-0.3, -0.25) is 4.79 Å². The van der Waals surface area contributed by atoms with E-state index in [1.165, 1.54) is 5.56 Å². The third kappa shape index (κ3) is 4.51. The van der Waals surface area contributed by atoms with Gasteiger partial charge in [0.15, 0.2) is 0 Å². The lowest BCUT2D eigenvalue weighted by molar-refractivity contribution is -0.0439. The van der Waals surface area contributed by atoms with E-state index in [9.17, 15) is 9.90 Å². The van der Waals surface area contributed by atoms with E-state index < -0.39 is 5.60 Å². The summed E-state index contributed by atoms with van der Waals surface area (Å²) in [4.78, 5) is 15.0. The van der Waals surface area contributed by atoms with Gasteiger partial charge in [-0.2, -0.15) is 0 Å². The lowest BCUT2D eigenvalue weighted by atomic mass is 9.83. The van der Waals surface area contributed by atoms with E-state index in [0.717, 1.165) is 29.7 Å². The first-order valence-corrected chi connectivity index (χ1v) is 9.63. The van der Waals surface area contributed by atoms with E-state index in [1.54, 1.807) is 7.11 Å². The predicted molar refractivity (Wildman–Crippen MR) is 107 cm³/mol. The van der Waals surface area contributed by atoms with Crippen LogP contribution in [0.4, 0.5) is 0 Å².